The van der Waals surface area contributed by atoms with Crippen molar-refractivity contribution in [1.82, 2.24) is 0 Å². The number of carbonyl (C=O) groups is 1. The number of benzene rings is 2. The maximum absolute atomic E-state index is 11.7. The average Bonchev–Trinajstić information content (AvgIpc) is 2.93. The Labute approximate surface area is 125 Å². The Kier molecular flexibility index (Phi) is 3.83. The molecule has 0 saturated heterocycles. The minimum Gasteiger partial charge on any atom is -0.482 e. The fourth-order valence-electron chi connectivity index (χ4n) is 1.80. The van der Waals surface area contributed by atoms with E-state index in [-0.39, 0.29) is 13.4 Å². The normalized spacial score (nSPS) is 12.0. The zero-order valence-corrected chi connectivity index (χ0v) is 11.6. The van der Waals surface area contributed by atoms with Crippen molar-refractivity contribution in [3.8, 4) is 23.0 Å². The molecule has 0 spiro atoms. The Morgan fingerprint density at radius 2 is 1.95 bits per heavy atom. The van der Waals surface area contributed by atoms with Crippen LogP contribution in [-0.2, 0) is 4.79 Å². The van der Waals surface area contributed by atoms with Crippen LogP contribution in [0.1, 0.15) is 0 Å². The zero-order valence-electron chi connectivity index (χ0n) is 10.9. The van der Waals surface area contributed by atoms with Crippen molar-refractivity contribution in [3.05, 3.63) is 47.5 Å². The van der Waals surface area contributed by atoms with Crippen LogP contribution in [0.5, 0.6) is 23.0 Å². The van der Waals surface area contributed by atoms with Gasteiger partial charge in [0.15, 0.2) is 18.1 Å². The Morgan fingerprint density at radius 3 is 2.81 bits per heavy atom. The summed E-state index contributed by atoms with van der Waals surface area (Å²) in [4.78, 5) is 11.7. The molecule has 2 aromatic rings. The minimum absolute atomic E-state index is 0.171. The Morgan fingerprint density at radius 1 is 1.10 bits per heavy atom. The van der Waals surface area contributed by atoms with Gasteiger partial charge in [0.05, 0.1) is 0 Å². The smallest absolute Gasteiger partial charge is 0.349 e. The first-order valence-corrected chi connectivity index (χ1v) is 6.57. The van der Waals surface area contributed by atoms with Crippen molar-refractivity contribution in [2.24, 2.45) is 0 Å². The molecule has 2 aromatic carbocycles. The summed E-state index contributed by atoms with van der Waals surface area (Å²) in [6, 6.07) is 11.7. The van der Waals surface area contributed by atoms with Gasteiger partial charge in [-0.2, -0.15) is 0 Å². The summed E-state index contributed by atoms with van der Waals surface area (Å²) < 4.78 is 20.8. The Hall–Kier alpha value is -2.40. The third kappa shape index (κ3) is 3.38. The highest BCUT2D eigenvalue weighted by molar-refractivity contribution is 6.30. The van der Waals surface area contributed by atoms with E-state index in [1.807, 2.05) is 0 Å². The van der Waals surface area contributed by atoms with Crippen LogP contribution < -0.4 is 18.9 Å². The van der Waals surface area contributed by atoms with Gasteiger partial charge in [-0.15, -0.1) is 0 Å². The minimum atomic E-state index is -0.520. The fraction of sp³-hybridized carbons (Fsp3) is 0.133. The van der Waals surface area contributed by atoms with Gasteiger partial charge in [0, 0.05) is 11.1 Å². The highest BCUT2D eigenvalue weighted by atomic mass is 35.5. The molecule has 0 fully saturated rings. The molecule has 1 heterocycles. The first-order valence-electron chi connectivity index (χ1n) is 6.19. The van der Waals surface area contributed by atoms with Gasteiger partial charge in [-0.3, -0.25) is 0 Å². The Bertz CT molecular complexity index is 671. The molecule has 0 atom stereocenters. The van der Waals surface area contributed by atoms with Crippen LogP contribution in [0.25, 0.3) is 0 Å². The van der Waals surface area contributed by atoms with E-state index in [0.717, 1.165) is 0 Å². The van der Waals surface area contributed by atoms with E-state index in [4.69, 9.17) is 30.5 Å². The molecular weight excluding hydrogens is 296 g/mol. The molecule has 0 aromatic heterocycles. The second-order valence-electron chi connectivity index (χ2n) is 4.24. The average molecular weight is 307 g/mol. The van der Waals surface area contributed by atoms with Crippen LogP contribution in [0.4, 0.5) is 0 Å². The van der Waals surface area contributed by atoms with Crippen LogP contribution in [0, 0.1) is 0 Å². The lowest BCUT2D eigenvalue weighted by Crippen LogP contribution is -2.17. The Balaban J connectivity index is 1.57. The van der Waals surface area contributed by atoms with Crippen molar-refractivity contribution < 1.29 is 23.7 Å². The van der Waals surface area contributed by atoms with Crippen LogP contribution in [-0.4, -0.2) is 19.4 Å². The molecule has 0 unspecified atom stereocenters. The maximum atomic E-state index is 11.7. The van der Waals surface area contributed by atoms with Crippen molar-refractivity contribution in [1.29, 1.82) is 0 Å². The van der Waals surface area contributed by atoms with Gasteiger partial charge >= 0.3 is 5.97 Å². The monoisotopic (exact) mass is 306 g/mol. The van der Waals surface area contributed by atoms with E-state index in [0.29, 0.717) is 28.0 Å². The molecule has 0 amide bonds. The lowest BCUT2D eigenvalue weighted by atomic mass is 10.3. The van der Waals surface area contributed by atoms with E-state index in [9.17, 15) is 4.79 Å². The van der Waals surface area contributed by atoms with Gasteiger partial charge in [-0.05, 0) is 30.3 Å². The van der Waals surface area contributed by atoms with E-state index in [2.05, 4.69) is 0 Å². The molecule has 3 rings (SSSR count). The molecule has 6 heteroatoms. The number of ether oxygens (including phenoxy) is 4. The molecule has 0 N–H and O–H groups in total. The van der Waals surface area contributed by atoms with Crippen LogP contribution in [0.2, 0.25) is 5.02 Å². The number of halogens is 1. The maximum Gasteiger partial charge on any atom is 0.349 e. The molecule has 0 bridgehead atoms. The number of hydrogen-bond donors (Lipinski definition) is 0. The van der Waals surface area contributed by atoms with Gasteiger partial charge < -0.3 is 18.9 Å². The molecule has 0 aliphatic carbocycles. The fourth-order valence-corrected chi connectivity index (χ4v) is 1.98. The summed E-state index contributed by atoms with van der Waals surface area (Å²) in [6.45, 7) is -0.0423. The van der Waals surface area contributed by atoms with Crippen molar-refractivity contribution in [2.75, 3.05) is 13.4 Å². The SMILES string of the molecule is O=C(COc1cccc(Cl)c1)Oc1ccc2c(c1)OCO2. The predicted molar refractivity (Wildman–Crippen MR) is 75.1 cm³/mol. The van der Waals surface area contributed by atoms with E-state index >= 15 is 0 Å². The number of esters is 1. The van der Waals surface area contributed by atoms with Crippen molar-refractivity contribution in [3.63, 3.8) is 0 Å². The molecule has 0 radical (unpaired) electrons. The third-order valence-electron chi connectivity index (χ3n) is 2.73. The van der Waals surface area contributed by atoms with Crippen LogP contribution in [0.15, 0.2) is 42.5 Å². The summed E-state index contributed by atoms with van der Waals surface area (Å²) in [7, 11) is 0. The number of rotatable bonds is 4. The van der Waals surface area contributed by atoms with Gasteiger partial charge in [0.1, 0.15) is 11.5 Å². The highest BCUT2D eigenvalue weighted by Gasteiger charge is 2.15. The van der Waals surface area contributed by atoms with E-state index in [1.165, 1.54) is 0 Å². The molecule has 5 nitrogen and oxygen atoms in total. The summed E-state index contributed by atoms with van der Waals surface area (Å²) in [5, 5.41) is 0.539. The van der Waals surface area contributed by atoms with E-state index < -0.39 is 5.97 Å². The van der Waals surface area contributed by atoms with Gasteiger partial charge in [0.25, 0.3) is 0 Å². The summed E-state index contributed by atoms with van der Waals surface area (Å²) in [5.74, 6) is 1.54. The quantitative estimate of drug-likeness (QED) is 0.642. The standard InChI is InChI=1S/C15H11ClO5/c16-10-2-1-3-11(6-10)18-8-15(17)21-12-4-5-13-14(7-12)20-9-19-13/h1-7H,8-9H2. The highest BCUT2D eigenvalue weighted by Crippen LogP contribution is 2.35. The van der Waals surface area contributed by atoms with Gasteiger partial charge in [-0.25, -0.2) is 4.79 Å². The van der Waals surface area contributed by atoms with Gasteiger partial charge in [0.2, 0.25) is 6.79 Å². The first kappa shape index (κ1) is 13.6. The molecule has 1 aliphatic rings. The van der Waals surface area contributed by atoms with Crippen LogP contribution >= 0.6 is 11.6 Å². The number of fused-ring (bicyclic) bond motifs is 1. The second kappa shape index (κ2) is 5.93. The molecular formula is C15H11ClO5. The van der Waals surface area contributed by atoms with Crippen molar-refractivity contribution >= 4 is 17.6 Å². The van der Waals surface area contributed by atoms with Crippen LogP contribution in [0.3, 0.4) is 0 Å². The summed E-state index contributed by atoms with van der Waals surface area (Å²) in [6.07, 6.45) is 0. The predicted octanol–water partition coefficient (Wildman–Crippen LogP) is 3.05. The van der Waals surface area contributed by atoms with Gasteiger partial charge in [-0.1, -0.05) is 17.7 Å². The molecule has 21 heavy (non-hydrogen) atoms. The first-order chi connectivity index (χ1) is 10.2. The zero-order chi connectivity index (χ0) is 14.7. The second-order valence-corrected chi connectivity index (χ2v) is 4.67. The number of carbonyl (C=O) groups excluding carboxylic acids is 1. The molecule has 1 aliphatic heterocycles. The summed E-state index contributed by atoms with van der Waals surface area (Å²) >= 11 is 5.82. The largest absolute Gasteiger partial charge is 0.482 e. The lowest BCUT2D eigenvalue weighted by molar-refractivity contribution is -0.136. The topological polar surface area (TPSA) is 54.0 Å². The number of hydrogen-bond acceptors (Lipinski definition) is 5. The molecule has 108 valence electrons. The lowest BCUT2D eigenvalue weighted by Gasteiger charge is -2.07. The third-order valence-corrected chi connectivity index (χ3v) is 2.96. The summed E-state index contributed by atoms with van der Waals surface area (Å²) in [5.41, 5.74) is 0. The van der Waals surface area contributed by atoms with E-state index in [1.54, 1.807) is 42.5 Å². The van der Waals surface area contributed by atoms with Crippen molar-refractivity contribution in [2.45, 2.75) is 0 Å². The molecule has 0 saturated carbocycles.